The molecule has 0 bridgehead atoms. The molecule has 189 valence electrons. The van der Waals surface area contributed by atoms with Gasteiger partial charge in [-0.05, 0) is 48.6 Å². The molecule has 0 saturated carbocycles. The number of benzene rings is 4. The third-order valence-electron chi connectivity index (χ3n) is 6.35. The van der Waals surface area contributed by atoms with Crippen LogP contribution in [0.1, 0.15) is 41.3 Å². The molecule has 0 amide bonds. The molecule has 1 atom stereocenters. The predicted molar refractivity (Wildman–Crippen MR) is 152 cm³/mol. The van der Waals surface area contributed by atoms with Crippen molar-refractivity contribution in [3.63, 3.8) is 0 Å². The van der Waals surface area contributed by atoms with Gasteiger partial charge in [0.1, 0.15) is 6.89 Å². The van der Waals surface area contributed by atoms with Gasteiger partial charge >= 0.3 is 0 Å². The van der Waals surface area contributed by atoms with Crippen LogP contribution in [0.4, 0.5) is 0 Å². The maximum Gasteiger partial charge on any atom is 0.162 e. The molecule has 1 aliphatic heterocycles. The Labute approximate surface area is 246 Å². The topological polar surface area (TPSA) is 43.1 Å². The molecular formula is C33H26IrN4-2. The average Bonchev–Trinajstić information content (AvgIpc) is 3.36. The Morgan fingerprint density at radius 2 is 1.82 bits per heavy atom. The van der Waals surface area contributed by atoms with Crippen molar-refractivity contribution < 1.29 is 29.7 Å². The summed E-state index contributed by atoms with van der Waals surface area (Å²) < 4.78 is 55.7. The molecule has 0 fully saturated rings. The number of para-hydroxylation sites is 1. The molecule has 1 aliphatic rings. The van der Waals surface area contributed by atoms with Gasteiger partial charge in [0.15, 0.2) is 5.65 Å². The largest absolute Gasteiger partial charge is 0.308 e. The van der Waals surface area contributed by atoms with Crippen molar-refractivity contribution in [2.75, 3.05) is 0 Å². The van der Waals surface area contributed by atoms with E-state index in [-0.39, 0.29) is 44.0 Å². The molecule has 7 rings (SSSR count). The second-order valence-corrected chi connectivity index (χ2v) is 8.71. The van der Waals surface area contributed by atoms with Crippen molar-refractivity contribution >= 4 is 38.9 Å². The van der Waals surface area contributed by atoms with E-state index < -0.39 is 19.7 Å². The van der Waals surface area contributed by atoms with Gasteiger partial charge in [0.05, 0.1) is 12.3 Å². The summed E-state index contributed by atoms with van der Waals surface area (Å²) in [6, 6.07) is 33.0. The minimum absolute atomic E-state index is 0. The Kier molecular flexibility index (Phi) is 5.42. The van der Waals surface area contributed by atoms with Gasteiger partial charge in [0.2, 0.25) is 0 Å². The molecule has 0 aliphatic carbocycles. The standard InChI is InChI=1S/C21H18N.C12H8N3.Ir/c1-14-11-21(22-13-15(14)2)18-10-9-17-8-7-16-5-3-4-6-19(16)20(17)12-18;1-2-5-10(6-3-1)15-9-14-11-7-4-8-13-12(11)15;/h3-9,12-13,21H,11H2,1-2H3;1-5,7-9H;/q2*-1;/i1D3,2D3;9D;. The quantitative estimate of drug-likeness (QED) is 0.138. The average molecular weight is 678 g/mol. The molecule has 0 N–H and O–H groups in total. The number of hydrogen-bond donors (Lipinski definition) is 0. The Hall–Kier alpha value is -3.92. The van der Waals surface area contributed by atoms with Crippen molar-refractivity contribution in [2.45, 2.75) is 26.2 Å². The van der Waals surface area contributed by atoms with Crippen molar-refractivity contribution in [1.29, 1.82) is 0 Å². The van der Waals surface area contributed by atoms with Gasteiger partial charge in [-0.15, -0.1) is 28.5 Å². The van der Waals surface area contributed by atoms with Gasteiger partial charge in [-0.1, -0.05) is 41.6 Å². The summed E-state index contributed by atoms with van der Waals surface area (Å²) >= 11 is 0. The number of aliphatic imine (C=N–C) groups is 1. The molecule has 3 heterocycles. The summed E-state index contributed by atoms with van der Waals surface area (Å²) in [7, 11) is 0. The van der Waals surface area contributed by atoms with Crippen LogP contribution in [-0.4, -0.2) is 20.7 Å². The molecule has 4 aromatic carbocycles. The van der Waals surface area contributed by atoms with E-state index in [1.54, 1.807) is 10.8 Å². The van der Waals surface area contributed by atoms with E-state index in [0.29, 0.717) is 5.65 Å². The summed E-state index contributed by atoms with van der Waals surface area (Å²) in [5.74, 6) is 0. The van der Waals surface area contributed by atoms with Gasteiger partial charge in [-0.2, -0.15) is 42.5 Å². The number of dihydropyridines is 1. The molecule has 2 aromatic heterocycles. The number of nitrogens with zero attached hydrogens (tertiary/aromatic N) is 4. The molecule has 38 heavy (non-hydrogen) atoms. The molecule has 5 heteroatoms. The monoisotopic (exact) mass is 678 g/mol. The smallest absolute Gasteiger partial charge is 0.162 e. The second-order valence-electron chi connectivity index (χ2n) is 8.71. The van der Waals surface area contributed by atoms with Gasteiger partial charge < -0.3 is 4.57 Å². The Morgan fingerprint density at radius 1 is 0.921 bits per heavy atom. The fraction of sp³-hybridized carbons (Fsp3) is 0.121. The van der Waals surface area contributed by atoms with Crippen molar-refractivity contribution in [3.05, 3.63) is 126 Å². The number of hydrogen-bond acceptors (Lipinski definition) is 3. The summed E-state index contributed by atoms with van der Waals surface area (Å²) in [5, 5.41) is 4.30. The van der Waals surface area contributed by atoms with E-state index in [2.05, 4.69) is 33.2 Å². The third kappa shape index (κ3) is 5.08. The number of allylic oxidation sites excluding steroid dienone is 1. The maximum absolute atomic E-state index is 7.83. The zero-order chi connectivity index (χ0) is 31.1. The summed E-state index contributed by atoms with van der Waals surface area (Å²) in [6.45, 7) is -4.97. The van der Waals surface area contributed by atoms with Crippen LogP contribution in [-0.2, 0) is 20.1 Å². The van der Waals surface area contributed by atoms with E-state index in [9.17, 15) is 0 Å². The normalized spacial score (nSPS) is 18.2. The fourth-order valence-corrected chi connectivity index (χ4v) is 4.43. The Balaban J connectivity index is 0.000000200. The van der Waals surface area contributed by atoms with Gasteiger partial charge in [0, 0.05) is 40.7 Å². The molecular weight excluding hydrogens is 645 g/mol. The van der Waals surface area contributed by atoms with Crippen LogP contribution in [0.2, 0.25) is 0 Å². The van der Waals surface area contributed by atoms with Crippen molar-refractivity contribution in [3.8, 4) is 5.69 Å². The molecule has 4 nitrogen and oxygen atoms in total. The van der Waals surface area contributed by atoms with Crippen LogP contribution in [0.15, 0.2) is 114 Å². The molecule has 1 unspecified atom stereocenters. The van der Waals surface area contributed by atoms with Crippen molar-refractivity contribution in [1.82, 2.24) is 14.5 Å². The number of imidazole rings is 1. The molecule has 0 saturated heterocycles. The molecule has 6 aromatic rings. The Morgan fingerprint density at radius 3 is 2.68 bits per heavy atom. The third-order valence-corrected chi connectivity index (χ3v) is 6.35. The predicted octanol–water partition coefficient (Wildman–Crippen LogP) is 7.86. The van der Waals surface area contributed by atoms with Gasteiger partial charge in [-0.3, -0.25) is 4.99 Å². The van der Waals surface area contributed by atoms with E-state index in [4.69, 9.17) is 9.60 Å². The minimum atomic E-state index is -2.50. The van der Waals surface area contributed by atoms with Crippen LogP contribution < -0.4 is 0 Å². The van der Waals surface area contributed by atoms with E-state index in [0.717, 1.165) is 38.3 Å². The SMILES string of the molecule is [2H]C([2H])([2H])C1=C(C([2H])([2H])[2H])CC(c2[c-]cc3ccc4ccccc4c3c2)N=C1.[2H]c1nc2cccnc2n1-c1[c-]cccc1.[Ir]. The van der Waals surface area contributed by atoms with E-state index in [1.165, 1.54) is 6.21 Å². The second kappa shape index (κ2) is 11.2. The summed E-state index contributed by atoms with van der Waals surface area (Å²) in [6.07, 6.45) is 3.14. The Bertz CT molecular complexity index is 2050. The zero-order valence-electron chi connectivity index (χ0n) is 27.1. The van der Waals surface area contributed by atoms with Crippen LogP contribution in [0.3, 0.4) is 0 Å². The molecule has 0 spiro atoms. The first-order chi connectivity index (χ1) is 21.0. The fourth-order valence-electron chi connectivity index (χ4n) is 4.43. The zero-order valence-corrected chi connectivity index (χ0v) is 22.5. The first-order valence-electron chi connectivity index (χ1n) is 15.4. The first kappa shape index (κ1) is 18.4. The molecule has 1 radical (unpaired) electrons. The number of rotatable bonds is 2. The van der Waals surface area contributed by atoms with Gasteiger partial charge in [0.25, 0.3) is 0 Å². The summed E-state index contributed by atoms with van der Waals surface area (Å²) in [5.41, 5.74) is 2.74. The first-order valence-corrected chi connectivity index (χ1v) is 11.9. The van der Waals surface area contributed by atoms with E-state index >= 15 is 0 Å². The number of pyridine rings is 1. The van der Waals surface area contributed by atoms with E-state index in [1.807, 2.05) is 78.9 Å². The van der Waals surface area contributed by atoms with Crippen LogP contribution in [0, 0.1) is 12.1 Å². The number of fused-ring (bicyclic) bond motifs is 4. The van der Waals surface area contributed by atoms with Crippen LogP contribution in [0.5, 0.6) is 0 Å². The van der Waals surface area contributed by atoms with Crippen LogP contribution in [0.25, 0.3) is 38.4 Å². The number of aromatic nitrogens is 3. The maximum atomic E-state index is 7.83. The summed E-state index contributed by atoms with van der Waals surface area (Å²) in [4.78, 5) is 12.7. The van der Waals surface area contributed by atoms with Crippen molar-refractivity contribution in [2.24, 2.45) is 4.99 Å². The van der Waals surface area contributed by atoms with Crippen LogP contribution >= 0.6 is 0 Å². The van der Waals surface area contributed by atoms with Gasteiger partial charge in [-0.25, -0.2) is 9.97 Å². The minimum Gasteiger partial charge on any atom is -0.308 e.